The minimum atomic E-state index is -0.608. The van der Waals surface area contributed by atoms with E-state index in [1.807, 2.05) is 24.3 Å². The highest BCUT2D eigenvalue weighted by Gasteiger charge is 2.48. The molecule has 0 aromatic heterocycles. The molecule has 1 aliphatic carbocycles. The summed E-state index contributed by atoms with van der Waals surface area (Å²) in [5.74, 6) is 0.0547. The number of carbonyl (C=O) groups is 3. The van der Waals surface area contributed by atoms with Crippen LogP contribution < -0.4 is 10.6 Å². The van der Waals surface area contributed by atoms with Crippen LogP contribution in [0.25, 0.3) is 0 Å². The van der Waals surface area contributed by atoms with E-state index in [9.17, 15) is 14.4 Å². The second-order valence-corrected chi connectivity index (χ2v) is 8.69. The quantitative estimate of drug-likeness (QED) is 0.830. The fourth-order valence-electron chi connectivity index (χ4n) is 4.19. The Bertz CT molecular complexity index is 763. The van der Waals surface area contributed by atoms with Crippen molar-refractivity contribution in [3.05, 3.63) is 35.4 Å². The molecule has 2 N–H and O–H groups in total. The lowest BCUT2D eigenvalue weighted by molar-refractivity contribution is -0.131. The minimum absolute atomic E-state index is 0.0972. The lowest BCUT2D eigenvalue weighted by Gasteiger charge is -2.26. The molecule has 1 aromatic carbocycles. The van der Waals surface area contributed by atoms with Crippen LogP contribution in [-0.2, 0) is 9.59 Å². The Kier molecular flexibility index (Phi) is 5.12. The number of carbonyl (C=O) groups excluding carboxylic acids is 3. The molecular formula is C20H25N3O3S. The summed E-state index contributed by atoms with van der Waals surface area (Å²) >= 11 is 1.60. The number of hydrogen-bond acceptors (Lipinski definition) is 4. The van der Waals surface area contributed by atoms with Gasteiger partial charge in [0.15, 0.2) is 0 Å². The van der Waals surface area contributed by atoms with Crippen LogP contribution in [0.1, 0.15) is 60.3 Å². The average molecular weight is 388 g/mol. The normalized spacial score (nSPS) is 25.7. The number of hydrogen-bond donors (Lipinski definition) is 2. The number of benzene rings is 1. The van der Waals surface area contributed by atoms with Gasteiger partial charge in [0.25, 0.3) is 5.91 Å². The van der Waals surface area contributed by atoms with Crippen LogP contribution >= 0.6 is 11.8 Å². The zero-order valence-electron chi connectivity index (χ0n) is 15.4. The van der Waals surface area contributed by atoms with Gasteiger partial charge in [0, 0.05) is 17.4 Å². The van der Waals surface area contributed by atoms with Crippen molar-refractivity contribution in [2.75, 3.05) is 5.75 Å². The summed E-state index contributed by atoms with van der Waals surface area (Å²) in [6, 6.07) is 6.59. The van der Waals surface area contributed by atoms with E-state index in [1.165, 1.54) is 6.42 Å². The Morgan fingerprint density at radius 2 is 1.93 bits per heavy atom. The van der Waals surface area contributed by atoms with Gasteiger partial charge in [0.2, 0.25) is 11.8 Å². The molecule has 0 spiro atoms. The second-order valence-electron chi connectivity index (χ2n) is 7.57. The van der Waals surface area contributed by atoms with Gasteiger partial charge in [0.05, 0.1) is 0 Å². The average Bonchev–Trinajstić information content (AvgIpc) is 3.23. The van der Waals surface area contributed by atoms with Crippen LogP contribution in [0.4, 0.5) is 0 Å². The Hall–Kier alpha value is -2.02. The van der Waals surface area contributed by atoms with E-state index in [1.54, 1.807) is 23.6 Å². The molecule has 3 amide bonds. The topological polar surface area (TPSA) is 78.5 Å². The first kappa shape index (κ1) is 18.3. The van der Waals surface area contributed by atoms with Crippen LogP contribution in [0.15, 0.2) is 24.3 Å². The van der Waals surface area contributed by atoms with E-state index in [4.69, 9.17) is 0 Å². The maximum atomic E-state index is 12.8. The maximum Gasteiger partial charge on any atom is 0.256 e. The van der Waals surface area contributed by atoms with Gasteiger partial charge in [-0.25, -0.2) is 0 Å². The molecule has 2 fully saturated rings. The number of amides is 3. The molecule has 1 saturated heterocycles. The van der Waals surface area contributed by atoms with E-state index in [0.29, 0.717) is 11.3 Å². The van der Waals surface area contributed by atoms with Crippen LogP contribution in [-0.4, -0.2) is 46.5 Å². The van der Waals surface area contributed by atoms with Crippen molar-refractivity contribution in [3.8, 4) is 0 Å². The number of nitrogens with one attached hydrogen (secondary N) is 2. The van der Waals surface area contributed by atoms with Crippen molar-refractivity contribution in [2.45, 2.75) is 62.5 Å². The number of rotatable bonds is 4. The molecule has 3 aliphatic rings. The zero-order valence-corrected chi connectivity index (χ0v) is 16.3. The van der Waals surface area contributed by atoms with E-state index in [-0.39, 0.29) is 29.1 Å². The summed E-state index contributed by atoms with van der Waals surface area (Å²) in [5, 5.41) is 5.76. The largest absolute Gasteiger partial charge is 0.352 e. The Labute approximate surface area is 163 Å². The van der Waals surface area contributed by atoms with Crippen molar-refractivity contribution in [1.29, 1.82) is 0 Å². The summed E-state index contributed by atoms with van der Waals surface area (Å²) in [6.07, 6.45) is 5.53. The van der Waals surface area contributed by atoms with Crippen LogP contribution in [0.2, 0.25) is 0 Å². The van der Waals surface area contributed by atoms with E-state index in [0.717, 1.165) is 31.2 Å². The molecule has 2 aliphatic heterocycles. The zero-order chi connectivity index (χ0) is 19.0. The molecule has 2 heterocycles. The summed E-state index contributed by atoms with van der Waals surface area (Å²) < 4.78 is 0. The SMILES string of the molecule is C[C@H](NC(=O)[C@@H]1CS[C@@H]2c3ccccc3C(=O)N21)C(=O)NC1CCCCC1. The van der Waals surface area contributed by atoms with E-state index < -0.39 is 12.1 Å². The van der Waals surface area contributed by atoms with Gasteiger partial charge in [-0.3, -0.25) is 14.4 Å². The van der Waals surface area contributed by atoms with Crippen LogP contribution in [0.5, 0.6) is 0 Å². The Morgan fingerprint density at radius 1 is 1.19 bits per heavy atom. The van der Waals surface area contributed by atoms with Crippen LogP contribution in [0.3, 0.4) is 0 Å². The van der Waals surface area contributed by atoms with E-state index >= 15 is 0 Å². The standard InChI is InChI=1S/C20H25N3O3S/c1-12(17(24)22-13-7-3-2-4-8-13)21-18(25)16-11-27-20-15-10-6-5-9-14(15)19(26)23(16)20/h5-6,9-10,12-13,16,20H,2-4,7-8,11H2,1H3,(H,21,25)(H,22,24)/t12-,16-,20+/m0/s1. The number of thioether (sulfide) groups is 1. The first-order valence-corrected chi connectivity index (χ1v) is 10.7. The second kappa shape index (κ2) is 7.54. The highest BCUT2D eigenvalue weighted by atomic mass is 32.2. The fourth-order valence-corrected chi connectivity index (χ4v) is 5.66. The summed E-state index contributed by atoms with van der Waals surface area (Å²) in [5.41, 5.74) is 1.65. The van der Waals surface area contributed by atoms with E-state index in [2.05, 4.69) is 10.6 Å². The first-order valence-electron chi connectivity index (χ1n) is 9.70. The highest BCUT2D eigenvalue weighted by Crippen LogP contribution is 2.48. The molecule has 4 rings (SSSR count). The molecule has 27 heavy (non-hydrogen) atoms. The van der Waals surface area contributed by atoms with Crippen LogP contribution in [0, 0.1) is 0 Å². The third-order valence-electron chi connectivity index (χ3n) is 5.70. The molecule has 3 atom stereocenters. The smallest absolute Gasteiger partial charge is 0.256 e. The maximum absolute atomic E-state index is 12.8. The van der Waals surface area contributed by atoms with Crippen molar-refractivity contribution in [1.82, 2.24) is 15.5 Å². The van der Waals surface area contributed by atoms with Crippen molar-refractivity contribution < 1.29 is 14.4 Å². The molecule has 1 aromatic rings. The molecule has 0 bridgehead atoms. The lowest BCUT2D eigenvalue weighted by atomic mass is 9.95. The van der Waals surface area contributed by atoms with Crippen molar-refractivity contribution in [3.63, 3.8) is 0 Å². The van der Waals surface area contributed by atoms with Gasteiger partial charge in [-0.05, 0) is 31.4 Å². The molecule has 144 valence electrons. The summed E-state index contributed by atoms with van der Waals surface area (Å²) in [6.45, 7) is 1.70. The highest BCUT2D eigenvalue weighted by molar-refractivity contribution is 7.99. The number of nitrogens with zero attached hydrogens (tertiary/aromatic N) is 1. The summed E-state index contributed by atoms with van der Waals surface area (Å²) in [7, 11) is 0. The van der Waals surface area contributed by atoms with Crippen molar-refractivity contribution >= 4 is 29.5 Å². The van der Waals surface area contributed by atoms with Crippen molar-refractivity contribution in [2.24, 2.45) is 0 Å². The van der Waals surface area contributed by atoms with Gasteiger partial charge < -0.3 is 15.5 Å². The lowest BCUT2D eigenvalue weighted by Crippen LogP contribution is -2.53. The molecule has 7 heteroatoms. The molecule has 1 saturated carbocycles. The Balaban J connectivity index is 1.37. The summed E-state index contributed by atoms with van der Waals surface area (Å²) in [4.78, 5) is 39.6. The van der Waals surface area contributed by atoms with Gasteiger partial charge in [-0.1, -0.05) is 37.5 Å². The third kappa shape index (κ3) is 3.45. The minimum Gasteiger partial charge on any atom is -0.352 e. The molecule has 0 radical (unpaired) electrons. The molecule has 6 nitrogen and oxygen atoms in total. The van der Waals surface area contributed by atoms with Gasteiger partial charge in [-0.2, -0.15) is 0 Å². The predicted octanol–water partition coefficient (Wildman–Crippen LogP) is 2.21. The fraction of sp³-hybridized carbons (Fsp3) is 0.550. The van der Waals surface area contributed by atoms with Gasteiger partial charge in [0.1, 0.15) is 17.5 Å². The molecule has 0 unspecified atom stereocenters. The number of fused-ring (bicyclic) bond motifs is 3. The predicted molar refractivity (Wildman–Crippen MR) is 104 cm³/mol. The third-order valence-corrected chi connectivity index (χ3v) is 7.00. The first-order chi connectivity index (χ1) is 13.1. The Morgan fingerprint density at radius 3 is 2.70 bits per heavy atom. The van der Waals surface area contributed by atoms with Gasteiger partial charge in [-0.15, -0.1) is 11.8 Å². The molecular weight excluding hydrogens is 362 g/mol. The van der Waals surface area contributed by atoms with Gasteiger partial charge >= 0.3 is 0 Å². The monoisotopic (exact) mass is 387 g/mol.